The number of sulfonamides is 1. The van der Waals surface area contributed by atoms with Gasteiger partial charge in [0.25, 0.3) is 0 Å². The lowest BCUT2D eigenvalue weighted by Gasteiger charge is -2.41. The highest BCUT2D eigenvalue weighted by Gasteiger charge is 2.41. The summed E-state index contributed by atoms with van der Waals surface area (Å²) in [4.78, 5) is 14.7. The van der Waals surface area contributed by atoms with Crippen LogP contribution in [-0.4, -0.2) is 50.9 Å². The lowest BCUT2D eigenvalue weighted by molar-refractivity contribution is 0.0535. The number of carbonyl (C=O) groups is 1. The van der Waals surface area contributed by atoms with E-state index >= 15 is 0 Å². The lowest BCUT2D eigenvalue weighted by Crippen LogP contribution is -2.58. The first-order valence-corrected chi connectivity index (χ1v) is 13.2. The van der Waals surface area contributed by atoms with Gasteiger partial charge >= 0.3 is 6.09 Å². The van der Waals surface area contributed by atoms with Crippen molar-refractivity contribution in [2.75, 3.05) is 19.4 Å². The molecular formula is C25H32N2O4S. The highest BCUT2D eigenvalue weighted by atomic mass is 32.2. The first-order valence-electron chi connectivity index (χ1n) is 11.3. The number of likely N-dealkylation sites (tertiary alicyclic amines) is 1. The molecule has 7 heteroatoms. The number of hydrogen-bond acceptors (Lipinski definition) is 4. The van der Waals surface area contributed by atoms with Crippen LogP contribution >= 0.6 is 0 Å². The molecule has 2 atom stereocenters. The van der Waals surface area contributed by atoms with Gasteiger partial charge in [-0.2, -0.15) is 0 Å². The monoisotopic (exact) mass is 456 g/mol. The predicted molar refractivity (Wildman–Crippen MR) is 126 cm³/mol. The quantitative estimate of drug-likeness (QED) is 0.677. The minimum Gasteiger partial charge on any atom is -0.449 e. The molecule has 172 valence electrons. The molecule has 0 aromatic heterocycles. The number of nitrogens with zero attached hydrogens (tertiary/aromatic N) is 1. The molecule has 1 N–H and O–H groups in total. The van der Waals surface area contributed by atoms with Crippen LogP contribution in [0.4, 0.5) is 4.79 Å². The second-order valence-electron chi connectivity index (χ2n) is 9.54. The molecule has 4 rings (SSSR count). The molecule has 1 aliphatic heterocycles. The summed E-state index contributed by atoms with van der Waals surface area (Å²) < 4.78 is 32.5. The summed E-state index contributed by atoms with van der Waals surface area (Å²) >= 11 is 0. The molecule has 2 aromatic carbocycles. The summed E-state index contributed by atoms with van der Waals surface area (Å²) in [5.41, 5.74) is 3.39. The van der Waals surface area contributed by atoms with Crippen LogP contribution in [0.2, 0.25) is 0 Å². The number of rotatable bonds is 7. The molecule has 1 saturated carbocycles. The smallest absolute Gasteiger partial charge is 0.410 e. The minimum atomic E-state index is -3.40. The summed E-state index contributed by atoms with van der Waals surface area (Å²) in [5.74, 6) is 0. The minimum absolute atomic E-state index is 0.107. The van der Waals surface area contributed by atoms with E-state index in [-0.39, 0.29) is 23.6 Å². The normalized spacial score (nSPS) is 22.4. The Morgan fingerprint density at radius 1 is 1.12 bits per heavy atom. The van der Waals surface area contributed by atoms with Crippen LogP contribution in [0, 0.1) is 5.41 Å². The van der Waals surface area contributed by atoms with Crippen molar-refractivity contribution in [1.82, 2.24) is 9.62 Å². The van der Waals surface area contributed by atoms with Crippen molar-refractivity contribution in [2.45, 2.75) is 51.1 Å². The Morgan fingerprint density at radius 3 is 2.53 bits per heavy atom. The van der Waals surface area contributed by atoms with Gasteiger partial charge in [0.05, 0.1) is 18.9 Å². The first kappa shape index (κ1) is 22.8. The Kier molecular flexibility index (Phi) is 6.58. The van der Waals surface area contributed by atoms with E-state index in [0.29, 0.717) is 26.0 Å². The van der Waals surface area contributed by atoms with E-state index in [0.717, 1.165) is 36.0 Å². The number of amides is 1. The number of nitrogens with one attached hydrogen (secondary N) is 1. The van der Waals surface area contributed by atoms with Crippen molar-refractivity contribution in [3.63, 3.8) is 0 Å². The van der Waals surface area contributed by atoms with Gasteiger partial charge in [0.15, 0.2) is 0 Å². The van der Waals surface area contributed by atoms with Crippen LogP contribution in [0.15, 0.2) is 54.6 Å². The summed E-state index contributed by atoms with van der Waals surface area (Å²) in [7, 11) is -3.40. The second kappa shape index (κ2) is 9.24. The number of hydrogen-bond donors (Lipinski definition) is 1. The molecule has 1 amide bonds. The topological polar surface area (TPSA) is 75.7 Å². The molecule has 0 bridgehead atoms. The third kappa shape index (κ3) is 5.90. The zero-order chi connectivity index (χ0) is 22.8. The zero-order valence-corrected chi connectivity index (χ0v) is 19.6. The lowest BCUT2D eigenvalue weighted by atomic mass is 9.90. The van der Waals surface area contributed by atoms with Gasteiger partial charge in [0.1, 0.15) is 0 Å². The highest BCUT2D eigenvalue weighted by molar-refractivity contribution is 7.88. The van der Waals surface area contributed by atoms with Crippen molar-refractivity contribution in [3.8, 4) is 11.1 Å². The molecule has 0 radical (unpaired) electrons. The van der Waals surface area contributed by atoms with Crippen LogP contribution in [-0.2, 0) is 21.2 Å². The average molecular weight is 457 g/mol. The van der Waals surface area contributed by atoms with Crippen molar-refractivity contribution >= 4 is 16.1 Å². The van der Waals surface area contributed by atoms with Gasteiger partial charge in [-0.15, -0.1) is 0 Å². The molecule has 2 aromatic rings. The largest absolute Gasteiger partial charge is 0.449 e. The van der Waals surface area contributed by atoms with Crippen LogP contribution in [0.1, 0.15) is 38.2 Å². The fraction of sp³-hybridized carbons (Fsp3) is 0.480. The van der Waals surface area contributed by atoms with Crippen molar-refractivity contribution in [2.24, 2.45) is 5.41 Å². The van der Waals surface area contributed by atoms with Crippen molar-refractivity contribution in [1.29, 1.82) is 0 Å². The zero-order valence-electron chi connectivity index (χ0n) is 18.8. The summed E-state index contributed by atoms with van der Waals surface area (Å²) in [5, 5.41) is 0. The maximum Gasteiger partial charge on any atom is 0.410 e. The molecule has 1 saturated heterocycles. The predicted octanol–water partition coefficient (Wildman–Crippen LogP) is 4.22. The molecule has 2 fully saturated rings. The van der Waals surface area contributed by atoms with Gasteiger partial charge in [0.2, 0.25) is 10.0 Å². The Balaban J connectivity index is 1.57. The number of benzene rings is 2. The van der Waals surface area contributed by atoms with Gasteiger partial charge in [-0.1, -0.05) is 61.5 Å². The average Bonchev–Trinajstić information content (AvgIpc) is 3.50. The third-order valence-electron chi connectivity index (χ3n) is 6.51. The van der Waals surface area contributed by atoms with E-state index in [2.05, 4.69) is 35.9 Å². The number of ether oxygens (including phenoxy) is 1. The summed E-state index contributed by atoms with van der Waals surface area (Å²) in [6.07, 6.45) is 4.97. The molecule has 0 unspecified atom stereocenters. The maximum atomic E-state index is 13.0. The molecular weight excluding hydrogens is 424 g/mol. The van der Waals surface area contributed by atoms with Crippen LogP contribution in [0.25, 0.3) is 11.1 Å². The molecule has 1 heterocycles. The molecule has 6 nitrogen and oxygen atoms in total. The second-order valence-corrected chi connectivity index (χ2v) is 11.3. The van der Waals surface area contributed by atoms with E-state index in [9.17, 15) is 13.2 Å². The standard InChI is InChI=1S/C25H32N2O4S/c1-25(13-14-25)18-31-24(28)27-15-7-12-22(26-32(2,29)30)23(27)17-19-8-6-11-21(16-19)20-9-4-3-5-10-20/h3-6,8-11,16,22-23,26H,7,12-15,17-18H2,1-2H3/t22-,23-/m0/s1. The van der Waals surface area contributed by atoms with Crippen molar-refractivity contribution in [3.05, 3.63) is 60.2 Å². The van der Waals surface area contributed by atoms with Gasteiger partial charge in [0, 0.05) is 18.0 Å². The summed E-state index contributed by atoms with van der Waals surface area (Å²) in [6, 6.07) is 17.7. The Labute approximate surface area is 191 Å². The molecule has 1 aliphatic carbocycles. The summed E-state index contributed by atoms with van der Waals surface area (Å²) in [6.45, 7) is 3.11. The Bertz CT molecular complexity index is 1050. The van der Waals surface area contributed by atoms with Crippen LogP contribution in [0.3, 0.4) is 0 Å². The molecule has 2 aliphatic rings. The maximum absolute atomic E-state index is 13.0. The van der Waals surface area contributed by atoms with E-state index in [4.69, 9.17) is 4.74 Å². The first-order chi connectivity index (χ1) is 15.2. The van der Waals surface area contributed by atoms with Crippen LogP contribution in [0.5, 0.6) is 0 Å². The Morgan fingerprint density at radius 2 is 1.84 bits per heavy atom. The number of piperidine rings is 1. The van der Waals surface area contributed by atoms with Crippen molar-refractivity contribution < 1.29 is 17.9 Å². The Hall–Kier alpha value is -2.38. The highest BCUT2D eigenvalue weighted by Crippen LogP contribution is 2.45. The van der Waals surface area contributed by atoms with E-state index in [1.165, 1.54) is 6.26 Å². The van der Waals surface area contributed by atoms with E-state index < -0.39 is 10.0 Å². The van der Waals surface area contributed by atoms with E-state index in [1.807, 2.05) is 30.3 Å². The molecule has 32 heavy (non-hydrogen) atoms. The third-order valence-corrected chi connectivity index (χ3v) is 7.24. The SMILES string of the molecule is CC1(COC(=O)N2CCC[C@H](NS(C)(=O)=O)[C@@H]2Cc2cccc(-c3ccccc3)c2)CC1. The number of carbonyl (C=O) groups excluding carboxylic acids is 1. The van der Waals surface area contributed by atoms with Gasteiger partial charge in [-0.25, -0.2) is 17.9 Å². The van der Waals surface area contributed by atoms with Gasteiger partial charge < -0.3 is 9.64 Å². The van der Waals surface area contributed by atoms with E-state index in [1.54, 1.807) is 4.90 Å². The van der Waals surface area contributed by atoms with Gasteiger partial charge in [-0.3, -0.25) is 0 Å². The fourth-order valence-electron chi connectivity index (χ4n) is 4.38. The van der Waals surface area contributed by atoms with Crippen LogP contribution < -0.4 is 4.72 Å². The molecule has 0 spiro atoms. The fourth-order valence-corrected chi connectivity index (χ4v) is 5.20. The van der Waals surface area contributed by atoms with Gasteiger partial charge in [-0.05, 0) is 48.8 Å².